The molecule has 0 atom stereocenters. The number of carbonyl (C=O) groups excluding carboxylic acids is 1. The number of ether oxygens (including phenoxy) is 1. The molecule has 2 rings (SSSR count). The summed E-state index contributed by atoms with van der Waals surface area (Å²) < 4.78 is 30.3. The van der Waals surface area contributed by atoms with Crippen molar-refractivity contribution < 1.29 is 17.9 Å². The number of carbonyl (C=O) groups is 1. The third-order valence-electron chi connectivity index (χ3n) is 3.48. The maximum Gasteiger partial charge on any atom is 0.245 e. The summed E-state index contributed by atoms with van der Waals surface area (Å²) in [6, 6.07) is 11.6. The number of rotatable bonds is 6. The molecule has 0 heterocycles. The summed E-state index contributed by atoms with van der Waals surface area (Å²) >= 11 is 6.03. The third kappa shape index (κ3) is 5.11. The fourth-order valence-corrected chi connectivity index (χ4v) is 3.20. The largest absolute Gasteiger partial charge is 0.497 e. The van der Waals surface area contributed by atoms with Crippen LogP contribution < -0.4 is 14.4 Å². The zero-order valence-electron chi connectivity index (χ0n) is 14.1. The predicted molar refractivity (Wildman–Crippen MR) is 100 cm³/mol. The lowest BCUT2D eigenvalue weighted by Gasteiger charge is -2.22. The van der Waals surface area contributed by atoms with Crippen LogP contribution in [-0.4, -0.2) is 34.2 Å². The van der Waals surface area contributed by atoms with E-state index in [1.807, 2.05) is 6.92 Å². The zero-order chi connectivity index (χ0) is 18.6. The summed E-state index contributed by atoms with van der Waals surface area (Å²) in [5.41, 5.74) is 1.73. The van der Waals surface area contributed by atoms with Crippen LogP contribution in [0.2, 0.25) is 5.02 Å². The summed E-state index contributed by atoms with van der Waals surface area (Å²) in [7, 11) is -2.17. The Bertz CT molecular complexity index is 884. The average Bonchev–Trinajstić information content (AvgIpc) is 2.55. The van der Waals surface area contributed by atoms with Gasteiger partial charge in [0.15, 0.2) is 0 Å². The van der Waals surface area contributed by atoms with Gasteiger partial charge in [0.1, 0.15) is 12.3 Å². The Balaban J connectivity index is 2.22. The number of benzene rings is 2. The number of nitrogens with one attached hydrogen (secondary N) is 1. The third-order valence-corrected chi connectivity index (χ3v) is 5.03. The molecule has 0 aromatic heterocycles. The molecule has 134 valence electrons. The lowest BCUT2D eigenvalue weighted by Crippen LogP contribution is -2.37. The Hall–Kier alpha value is -2.25. The van der Waals surface area contributed by atoms with Crippen LogP contribution >= 0.6 is 11.6 Å². The number of sulfonamides is 1. The Kier molecular flexibility index (Phi) is 5.92. The maximum absolute atomic E-state index is 12.3. The van der Waals surface area contributed by atoms with E-state index in [1.165, 1.54) is 7.11 Å². The predicted octanol–water partition coefficient (Wildman–Crippen LogP) is 3.06. The van der Waals surface area contributed by atoms with Crippen molar-refractivity contribution in [3.63, 3.8) is 0 Å². The summed E-state index contributed by atoms with van der Waals surface area (Å²) in [4.78, 5) is 12.3. The minimum atomic E-state index is -3.65. The summed E-state index contributed by atoms with van der Waals surface area (Å²) in [5.74, 6) is 0.0186. The molecule has 0 saturated carbocycles. The molecule has 0 saturated heterocycles. The van der Waals surface area contributed by atoms with Crippen molar-refractivity contribution >= 4 is 38.9 Å². The van der Waals surface area contributed by atoms with Gasteiger partial charge in [-0.2, -0.15) is 0 Å². The molecule has 0 aliphatic carbocycles. The van der Waals surface area contributed by atoms with Gasteiger partial charge in [-0.1, -0.05) is 23.7 Å². The SMILES string of the molecule is COc1cccc(N(CC(=O)Nc2ccc(C)c(Cl)c2)S(C)(=O)=O)c1. The number of methoxy groups -OCH3 is 1. The lowest BCUT2D eigenvalue weighted by atomic mass is 10.2. The molecule has 0 bridgehead atoms. The van der Waals surface area contributed by atoms with E-state index >= 15 is 0 Å². The molecule has 8 heteroatoms. The molecule has 0 unspecified atom stereocenters. The molecule has 6 nitrogen and oxygen atoms in total. The van der Waals surface area contributed by atoms with Crippen molar-refractivity contribution in [2.24, 2.45) is 0 Å². The molecule has 2 aromatic carbocycles. The first-order chi connectivity index (χ1) is 11.7. The van der Waals surface area contributed by atoms with Crippen LogP contribution in [0, 0.1) is 6.92 Å². The summed E-state index contributed by atoms with van der Waals surface area (Å²) in [6.45, 7) is 1.49. The second-order valence-electron chi connectivity index (χ2n) is 5.48. The van der Waals surface area contributed by atoms with Crippen LogP contribution in [0.1, 0.15) is 5.56 Å². The first-order valence-electron chi connectivity index (χ1n) is 7.38. The van der Waals surface area contributed by atoms with Gasteiger partial charge in [-0.25, -0.2) is 8.42 Å². The quantitative estimate of drug-likeness (QED) is 0.833. The molecule has 1 N–H and O–H groups in total. The molecule has 0 aliphatic rings. The number of hydrogen-bond acceptors (Lipinski definition) is 4. The van der Waals surface area contributed by atoms with Crippen molar-refractivity contribution in [1.29, 1.82) is 0 Å². The van der Waals surface area contributed by atoms with Gasteiger partial charge in [0, 0.05) is 16.8 Å². The topological polar surface area (TPSA) is 75.7 Å². The zero-order valence-corrected chi connectivity index (χ0v) is 15.7. The summed E-state index contributed by atoms with van der Waals surface area (Å²) in [5, 5.41) is 3.17. The smallest absolute Gasteiger partial charge is 0.245 e. The lowest BCUT2D eigenvalue weighted by molar-refractivity contribution is -0.114. The van der Waals surface area contributed by atoms with Gasteiger partial charge in [-0.15, -0.1) is 0 Å². The Morgan fingerprint density at radius 1 is 1.24 bits per heavy atom. The van der Waals surface area contributed by atoms with Crippen molar-refractivity contribution in [2.45, 2.75) is 6.92 Å². The Morgan fingerprint density at radius 3 is 2.56 bits per heavy atom. The van der Waals surface area contributed by atoms with E-state index in [0.29, 0.717) is 22.1 Å². The number of nitrogens with zero attached hydrogens (tertiary/aromatic N) is 1. The van der Waals surface area contributed by atoms with E-state index in [9.17, 15) is 13.2 Å². The van der Waals surface area contributed by atoms with Crippen LogP contribution in [0.15, 0.2) is 42.5 Å². The van der Waals surface area contributed by atoms with Crippen molar-refractivity contribution in [1.82, 2.24) is 0 Å². The molecule has 0 radical (unpaired) electrons. The van der Waals surface area contributed by atoms with Gasteiger partial charge < -0.3 is 10.1 Å². The fraction of sp³-hybridized carbons (Fsp3) is 0.235. The van der Waals surface area contributed by atoms with E-state index < -0.39 is 15.9 Å². The van der Waals surface area contributed by atoms with E-state index in [2.05, 4.69) is 5.32 Å². The monoisotopic (exact) mass is 382 g/mol. The first-order valence-corrected chi connectivity index (χ1v) is 9.61. The maximum atomic E-state index is 12.3. The second-order valence-corrected chi connectivity index (χ2v) is 7.80. The molecule has 0 aliphatic heterocycles. The highest BCUT2D eigenvalue weighted by Crippen LogP contribution is 2.24. The Morgan fingerprint density at radius 2 is 1.96 bits per heavy atom. The second kappa shape index (κ2) is 7.76. The number of anilines is 2. The average molecular weight is 383 g/mol. The van der Waals surface area contributed by atoms with Crippen molar-refractivity contribution in [2.75, 3.05) is 29.5 Å². The fourth-order valence-electron chi connectivity index (χ4n) is 2.17. The van der Waals surface area contributed by atoms with Crippen molar-refractivity contribution in [3.8, 4) is 5.75 Å². The standard InChI is InChI=1S/C17H19ClN2O4S/c1-12-7-8-13(9-16(12)18)19-17(21)11-20(25(3,22)23)14-5-4-6-15(10-14)24-2/h4-10H,11H2,1-3H3,(H,19,21). The van der Waals surface area contributed by atoms with Crippen LogP contribution in [-0.2, 0) is 14.8 Å². The van der Waals surface area contributed by atoms with E-state index in [0.717, 1.165) is 16.1 Å². The normalized spacial score (nSPS) is 11.0. The van der Waals surface area contributed by atoms with Crippen LogP contribution in [0.4, 0.5) is 11.4 Å². The van der Waals surface area contributed by atoms with Gasteiger partial charge in [-0.3, -0.25) is 9.10 Å². The van der Waals surface area contributed by atoms with E-state index in [-0.39, 0.29) is 6.54 Å². The number of aryl methyl sites for hydroxylation is 1. The number of halogens is 1. The minimum Gasteiger partial charge on any atom is -0.497 e. The van der Waals surface area contributed by atoms with Crippen LogP contribution in [0.5, 0.6) is 5.75 Å². The van der Waals surface area contributed by atoms with Crippen molar-refractivity contribution in [3.05, 3.63) is 53.1 Å². The highest BCUT2D eigenvalue weighted by Gasteiger charge is 2.21. The van der Waals surface area contributed by atoms with Crippen LogP contribution in [0.3, 0.4) is 0 Å². The van der Waals surface area contributed by atoms with Gasteiger partial charge in [0.25, 0.3) is 0 Å². The van der Waals surface area contributed by atoms with Gasteiger partial charge in [-0.05, 0) is 36.8 Å². The number of hydrogen-bond donors (Lipinski definition) is 1. The number of amides is 1. The molecular weight excluding hydrogens is 364 g/mol. The molecular formula is C17H19ClN2O4S. The molecule has 25 heavy (non-hydrogen) atoms. The van der Waals surface area contributed by atoms with Gasteiger partial charge >= 0.3 is 0 Å². The highest BCUT2D eigenvalue weighted by atomic mass is 35.5. The van der Waals surface area contributed by atoms with E-state index in [4.69, 9.17) is 16.3 Å². The Labute approximate surface area is 152 Å². The molecule has 1 amide bonds. The molecule has 2 aromatic rings. The van der Waals surface area contributed by atoms with E-state index in [1.54, 1.807) is 42.5 Å². The molecule has 0 fully saturated rings. The highest BCUT2D eigenvalue weighted by molar-refractivity contribution is 7.92. The summed E-state index contributed by atoms with van der Waals surface area (Å²) in [6.07, 6.45) is 1.04. The van der Waals surface area contributed by atoms with Gasteiger partial charge in [0.2, 0.25) is 15.9 Å². The molecule has 0 spiro atoms. The minimum absolute atomic E-state index is 0.346. The van der Waals surface area contributed by atoms with Crippen LogP contribution in [0.25, 0.3) is 0 Å². The first kappa shape index (κ1) is 19.1. The van der Waals surface area contributed by atoms with Gasteiger partial charge in [0.05, 0.1) is 19.1 Å².